The first-order chi connectivity index (χ1) is 8.69. The van der Waals surface area contributed by atoms with Gasteiger partial charge in [0, 0.05) is 18.3 Å². The molecule has 3 N–H and O–H groups in total. The maximum atomic E-state index is 11.9. The Labute approximate surface area is 108 Å². The van der Waals surface area contributed by atoms with E-state index in [-0.39, 0.29) is 5.91 Å². The van der Waals surface area contributed by atoms with E-state index in [0.29, 0.717) is 19.1 Å². The van der Waals surface area contributed by atoms with Crippen LogP contribution in [0.3, 0.4) is 0 Å². The summed E-state index contributed by atoms with van der Waals surface area (Å²) in [6.45, 7) is 4.07. The molecule has 1 aromatic rings. The zero-order chi connectivity index (χ0) is 13.0. The van der Waals surface area contributed by atoms with Crippen molar-refractivity contribution in [2.45, 2.75) is 25.8 Å². The summed E-state index contributed by atoms with van der Waals surface area (Å²) in [4.78, 5) is 14.1. The third-order valence-corrected chi connectivity index (χ3v) is 3.42. The smallest absolute Gasteiger partial charge is 0.238 e. The number of hydrogen-bond donors (Lipinski definition) is 2. The summed E-state index contributed by atoms with van der Waals surface area (Å²) in [5.74, 6) is 0.0425. The van der Waals surface area contributed by atoms with Gasteiger partial charge in [0.25, 0.3) is 0 Å². The van der Waals surface area contributed by atoms with Gasteiger partial charge in [-0.2, -0.15) is 0 Å². The van der Waals surface area contributed by atoms with Crippen molar-refractivity contribution >= 4 is 11.6 Å². The zero-order valence-electron chi connectivity index (χ0n) is 10.9. The van der Waals surface area contributed by atoms with Crippen LogP contribution in [0.4, 0.5) is 5.69 Å². The highest BCUT2D eigenvalue weighted by molar-refractivity contribution is 5.92. The Hall–Kier alpha value is -1.39. The molecule has 1 unspecified atom stereocenters. The lowest BCUT2D eigenvalue weighted by atomic mass is 10.2. The molecule has 18 heavy (non-hydrogen) atoms. The lowest BCUT2D eigenvalue weighted by Crippen LogP contribution is -2.40. The number of amides is 1. The van der Waals surface area contributed by atoms with Gasteiger partial charge < -0.3 is 11.1 Å². The average Bonchev–Trinajstić information content (AvgIpc) is 2.76. The molecule has 0 bridgehead atoms. The summed E-state index contributed by atoms with van der Waals surface area (Å²) in [7, 11) is 0. The Bertz CT molecular complexity index is 419. The van der Waals surface area contributed by atoms with Crippen LogP contribution in [0.15, 0.2) is 24.3 Å². The third-order valence-electron chi connectivity index (χ3n) is 3.42. The van der Waals surface area contributed by atoms with Gasteiger partial charge in [-0.25, -0.2) is 0 Å². The first-order valence-electron chi connectivity index (χ1n) is 6.49. The fraction of sp³-hybridized carbons (Fsp3) is 0.500. The van der Waals surface area contributed by atoms with Gasteiger partial charge in [0.2, 0.25) is 5.91 Å². The molecule has 0 aromatic heterocycles. The van der Waals surface area contributed by atoms with Gasteiger partial charge in [-0.3, -0.25) is 9.69 Å². The zero-order valence-corrected chi connectivity index (χ0v) is 10.9. The summed E-state index contributed by atoms with van der Waals surface area (Å²) < 4.78 is 0. The molecule has 1 atom stereocenters. The highest BCUT2D eigenvalue weighted by Gasteiger charge is 2.24. The highest BCUT2D eigenvalue weighted by Crippen LogP contribution is 2.16. The number of benzene rings is 1. The molecule has 1 saturated heterocycles. The van der Waals surface area contributed by atoms with Gasteiger partial charge >= 0.3 is 0 Å². The number of likely N-dealkylation sites (tertiary alicyclic amines) is 1. The van der Waals surface area contributed by atoms with Crippen molar-refractivity contribution in [1.29, 1.82) is 0 Å². The van der Waals surface area contributed by atoms with Gasteiger partial charge in [0.05, 0.1) is 6.54 Å². The van der Waals surface area contributed by atoms with E-state index in [1.807, 2.05) is 31.2 Å². The summed E-state index contributed by atoms with van der Waals surface area (Å²) in [5.41, 5.74) is 7.71. The van der Waals surface area contributed by atoms with Gasteiger partial charge in [-0.05, 0) is 44.0 Å². The van der Waals surface area contributed by atoms with Crippen molar-refractivity contribution in [2.75, 3.05) is 25.0 Å². The van der Waals surface area contributed by atoms with E-state index in [2.05, 4.69) is 10.2 Å². The largest absolute Gasteiger partial charge is 0.329 e. The molecule has 1 heterocycles. The van der Waals surface area contributed by atoms with Crippen LogP contribution in [-0.2, 0) is 4.79 Å². The molecule has 0 radical (unpaired) electrons. The fourth-order valence-electron chi connectivity index (χ4n) is 2.48. The van der Waals surface area contributed by atoms with Crippen LogP contribution in [0, 0.1) is 6.92 Å². The van der Waals surface area contributed by atoms with E-state index in [1.165, 1.54) is 0 Å². The number of aryl methyl sites for hydroxylation is 1. The highest BCUT2D eigenvalue weighted by atomic mass is 16.2. The summed E-state index contributed by atoms with van der Waals surface area (Å²) in [5, 5.41) is 2.93. The first kappa shape index (κ1) is 13.1. The SMILES string of the molecule is Cc1cccc(NC(=O)CN2CCCC2CN)c1. The van der Waals surface area contributed by atoms with Crippen LogP contribution in [0.2, 0.25) is 0 Å². The van der Waals surface area contributed by atoms with E-state index >= 15 is 0 Å². The minimum Gasteiger partial charge on any atom is -0.329 e. The van der Waals surface area contributed by atoms with Crippen molar-refractivity contribution < 1.29 is 4.79 Å². The number of hydrogen-bond acceptors (Lipinski definition) is 3. The Morgan fingerprint density at radius 3 is 3.11 bits per heavy atom. The monoisotopic (exact) mass is 247 g/mol. The van der Waals surface area contributed by atoms with Crippen LogP contribution >= 0.6 is 0 Å². The predicted octanol–water partition coefficient (Wildman–Crippen LogP) is 1.36. The van der Waals surface area contributed by atoms with Crippen molar-refractivity contribution in [3.8, 4) is 0 Å². The second-order valence-corrected chi connectivity index (χ2v) is 4.92. The van der Waals surface area contributed by atoms with Crippen molar-refractivity contribution in [2.24, 2.45) is 5.73 Å². The van der Waals surface area contributed by atoms with Crippen molar-refractivity contribution in [1.82, 2.24) is 4.90 Å². The number of rotatable bonds is 4. The molecule has 2 rings (SSSR count). The third kappa shape index (κ3) is 3.31. The minimum absolute atomic E-state index is 0.0425. The van der Waals surface area contributed by atoms with Gasteiger partial charge in [-0.15, -0.1) is 0 Å². The van der Waals surface area contributed by atoms with Crippen LogP contribution in [-0.4, -0.2) is 36.5 Å². The number of nitrogens with one attached hydrogen (secondary N) is 1. The van der Waals surface area contributed by atoms with Crippen molar-refractivity contribution in [3.63, 3.8) is 0 Å². The Morgan fingerprint density at radius 1 is 1.56 bits per heavy atom. The van der Waals surface area contributed by atoms with Gasteiger partial charge in [-0.1, -0.05) is 12.1 Å². The maximum Gasteiger partial charge on any atom is 0.238 e. The molecule has 0 saturated carbocycles. The molecule has 1 aliphatic rings. The first-order valence-corrected chi connectivity index (χ1v) is 6.49. The molecule has 98 valence electrons. The molecular formula is C14H21N3O. The van der Waals surface area contributed by atoms with Crippen LogP contribution in [0.5, 0.6) is 0 Å². The van der Waals surface area contributed by atoms with Crippen LogP contribution < -0.4 is 11.1 Å². The number of nitrogens with two attached hydrogens (primary N) is 1. The second-order valence-electron chi connectivity index (χ2n) is 4.92. The molecule has 4 heteroatoms. The molecule has 4 nitrogen and oxygen atoms in total. The number of anilines is 1. The second kappa shape index (κ2) is 5.98. The van der Waals surface area contributed by atoms with Gasteiger partial charge in [0.15, 0.2) is 0 Å². The number of nitrogens with zero attached hydrogens (tertiary/aromatic N) is 1. The van der Waals surface area contributed by atoms with Crippen LogP contribution in [0.25, 0.3) is 0 Å². The van der Waals surface area contributed by atoms with E-state index in [0.717, 1.165) is 30.6 Å². The molecular weight excluding hydrogens is 226 g/mol. The van der Waals surface area contributed by atoms with Gasteiger partial charge in [0.1, 0.15) is 0 Å². The van der Waals surface area contributed by atoms with Crippen LogP contribution in [0.1, 0.15) is 18.4 Å². The lowest BCUT2D eigenvalue weighted by molar-refractivity contribution is -0.117. The molecule has 0 aliphatic carbocycles. The van der Waals surface area contributed by atoms with Crippen molar-refractivity contribution in [3.05, 3.63) is 29.8 Å². The minimum atomic E-state index is 0.0425. The molecule has 1 aliphatic heterocycles. The quantitative estimate of drug-likeness (QED) is 0.844. The summed E-state index contributed by atoms with van der Waals surface area (Å²) >= 11 is 0. The average molecular weight is 247 g/mol. The standard InChI is InChI=1S/C14H21N3O/c1-11-4-2-5-12(8-11)16-14(18)10-17-7-3-6-13(17)9-15/h2,4-5,8,13H,3,6-7,9-10,15H2,1H3,(H,16,18). The topological polar surface area (TPSA) is 58.4 Å². The predicted molar refractivity (Wildman–Crippen MR) is 73.5 cm³/mol. The molecule has 1 fully saturated rings. The van der Waals surface area contributed by atoms with E-state index < -0.39 is 0 Å². The Kier molecular flexibility index (Phi) is 4.33. The Morgan fingerprint density at radius 2 is 2.39 bits per heavy atom. The molecule has 1 amide bonds. The number of carbonyl (C=O) groups excluding carboxylic acids is 1. The summed E-state index contributed by atoms with van der Waals surface area (Å²) in [6, 6.07) is 8.22. The van der Waals surface area contributed by atoms with E-state index in [4.69, 9.17) is 5.73 Å². The maximum absolute atomic E-state index is 11.9. The lowest BCUT2D eigenvalue weighted by Gasteiger charge is -2.22. The molecule has 1 aromatic carbocycles. The number of carbonyl (C=O) groups is 1. The normalized spacial score (nSPS) is 20.0. The van der Waals surface area contributed by atoms with E-state index in [9.17, 15) is 4.79 Å². The van der Waals surface area contributed by atoms with E-state index in [1.54, 1.807) is 0 Å². The molecule has 0 spiro atoms. The fourth-order valence-corrected chi connectivity index (χ4v) is 2.48. The summed E-state index contributed by atoms with van der Waals surface area (Å²) in [6.07, 6.45) is 2.24. The Balaban J connectivity index is 1.89.